The van der Waals surface area contributed by atoms with Crippen LogP contribution in [-0.2, 0) is 26.3 Å². The van der Waals surface area contributed by atoms with Crippen LogP contribution in [0.1, 0.15) is 48.3 Å². The van der Waals surface area contributed by atoms with Gasteiger partial charge in [0.25, 0.3) is 0 Å². The number of nitrogens with zero attached hydrogens (tertiary/aromatic N) is 1. The average molecular weight is 522 g/mol. The molecule has 3 amide bonds. The summed E-state index contributed by atoms with van der Waals surface area (Å²) < 4.78 is 1.43. The zero-order chi connectivity index (χ0) is 25.8. The van der Waals surface area contributed by atoms with E-state index < -0.39 is 17.1 Å². The number of aromatic nitrogens is 1. The van der Waals surface area contributed by atoms with Crippen LogP contribution in [0.3, 0.4) is 0 Å². The van der Waals surface area contributed by atoms with Crippen LogP contribution in [0.15, 0.2) is 58.4 Å². The largest absolute Gasteiger partial charge is 0.325 e. The minimum absolute atomic E-state index is 0.0334. The zero-order valence-electron chi connectivity index (χ0n) is 20.5. The maximum atomic E-state index is 13.1. The molecule has 9 heteroatoms. The summed E-state index contributed by atoms with van der Waals surface area (Å²) in [6.45, 7) is 8.18. The molecule has 0 radical (unpaired) electrons. The Morgan fingerprint density at radius 1 is 1.00 bits per heavy atom. The van der Waals surface area contributed by atoms with Crippen LogP contribution in [0, 0.1) is 12.8 Å². The van der Waals surface area contributed by atoms with Gasteiger partial charge in [-0.15, -0.1) is 0 Å². The molecule has 186 valence electrons. The number of carbonyl (C=O) groups excluding carboxylic acids is 3. The molecule has 2 aliphatic heterocycles. The van der Waals surface area contributed by atoms with Crippen molar-refractivity contribution < 1.29 is 14.4 Å². The molecule has 3 heterocycles. The third-order valence-electron chi connectivity index (χ3n) is 6.66. The smallest absolute Gasteiger partial charge is 0.308 e. The van der Waals surface area contributed by atoms with E-state index in [4.69, 9.17) is 0 Å². The molecule has 3 atom stereocenters. The number of benzene rings is 2. The highest BCUT2D eigenvalue weighted by Crippen LogP contribution is 2.51. The maximum absolute atomic E-state index is 13.1. The van der Waals surface area contributed by atoms with E-state index in [-0.39, 0.29) is 34.6 Å². The Morgan fingerprint density at radius 3 is 2.31 bits per heavy atom. The van der Waals surface area contributed by atoms with Gasteiger partial charge in [-0.1, -0.05) is 85.8 Å². The van der Waals surface area contributed by atoms with E-state index in [1.807, 2.05) is 55.5 Å². The van der Waals surface area contributed by atoms with Gasteiger partial charge in [-0.3, -0.25) is 29.1 Å². The van der Waals surface area contributed by atoms with E-state index in [9.17, 15) is 19.2 Å². The van der Waals surface area contributed by atoms with Gasteiger partial charge in [0.2, 0.25) is 17.7 Å². The molecule has 1 aromatic heterocycles. The van der Waals surface area contributed by atoms with Gasteiger partial charge in [0.05, 0.1) is 10.9 Å². The molecule has 3 unspecified atom stereocenters. The second-order valence-corrected chi connectivity index (χ2v) is 12.4. The first kappa shape index (κ1) is 24.5. The number of hydrogen-bond donors (Lipinski definition) is 2. The summed E-state index contributed by atoms with van der Waals surface area (Å²) in [4.78, 5) is 51.9. The Hall–Kier alpha value is -3.17. The number of amides is 3. The summed E-state index contributed by atoms with van der Waals surface area (Å²) in [5.74, 6) is -2.06. The Bertz CT molecular complexity index is 1420. The van der Waals surface area contributed by atoms with Crippen molar-refractivity contribution >= 4 is 46.5 Å². The monoisotopic (exact) mass is 521 g/mol. The van der Waals surface area contributed by atoms with Crippen molar-refractivity contribution in [1.29, 1.82) is 0 Å². The molecule has 5 rings (SSSR count). The molecule has 2 N–H and O–H groups in total. The van der Waals surface area contributed by atoms with E-state index in [0.717, 1.165) is 32.9 Å². The van der Waals surface area contributed by atoms with Crippen LogP contribution in [0.2, 0.25) is 0 Å². The van der Waals surface area contributed by atoms with Crippen LogP contribution in [0.25, 0.3) is 0 Å². The van der Waals surface area contributed by atoms with E-state index in [2.05, 4.69) is 31.4 Å². The summed E-state index contributed by atoms with van der Waals surface area (Å²) in [6.07, 6.45) is 0. The predicted molar refractivity (Wildman–Crippen MR) is 142 cm³/mol. The van der Waals surface area contributed by atoms with Crippen molar-refractivity contribution in [1.82, 2.24) is 9.88 Å². The molecule has 7 nitrogen and oxygen atoms in total. The molecule has 3 aromatic rings. The van der Waals surface area contributed by atoms with Crippen LogP contribution in [-0.4, -0.2) is 27.5 Å². The number of imide groups is 1. The minimum atomic E-state index is -0.655. The number of carbonyl (C=O) groups is 3. The highest BCUT2D eigenvalue weighted by Gasteiger charge is 2.52. The molecule has 36 heavy (non-hydrogen) atoms. The fourth-order valence-electron chi connectivity index (χ4n) is 4.71. The molecule has 0 aliphatic carbocycles. The second kappa shape index (κ2) is 9.05. The van der Waals surface area contributed by atoms with Crippen molar-refractivity contribution in [2.24, 2.45) is 5.92 Å². The first-order chi connectivity index (χ1) is 17.0. The number of aryl methyl sites for hydroxylation is 1. The van der Waals surface area contributed by atoms with Gasteiger partial charge < -0.3 is 5.32 Å². The van der Waals surface area contributed by atoms with Crippen molar-refractivity contribution in [2.45, 2.75) is 55.8 Å². The molecule has 0 saturated carbocycles. The van der Waals surface area contributed by atoms with Gasteiger partial charge in [-0.05, 0) is 35.6 Å². The average Bonchev–Trinajstić information content (AvgIpc) is 3.28. The van der Waals surface area contributed by atoms with Crippen LogP contribution >= 0.6 is 23.1 Å². The van der Waals surface area contributed by atoms with E-state index in [1.165, 1.54) is 16.3 Å². The molecule has 1 saturated heterocycles. The lowest BCUT2D eigenvalue weighted by atomic mass is 9.81. The Labute approximate surface area is 217 Å². The SMILES string of the molecule is Cc1ccc(NC(=O)Cn2c3c(sc2=O)C(c2ccc(C(C)(C)C)cc2)C2C(=O)NC(=O)C2S3)cc1. The number of fused-ring (bicyclic) bond motifs is 2. The molecule has 0 bridgehead atoms. The lowest BCUT2D eigenvalue weighted by molar-refractivity contribution is -0.126. The summed E-state index contributed by atoms with van der Waals surface area (Å²) in [5, 5.41) is 5.23. The first-order valence-electron chi connectivity index (χ1n) is 11.7. The molecule has 1 fully saturated rings. The quantitative estimate of drug-likeness (QED) is 0.505. The standard InChI is InChI=1S/C27H27N3O4S2/c1-14-5-11-17(12-6-14)28-18(31)13-30-25-22(36-26(30)34)19(20-21(35-25)24(33)29-23(20)32)15-7-9-16(10-8-15)27(2,3)4/h5-12,19-21H,13H2,1-4H3,(H,28,31)(H,29,32,33). The van der Waals surface area contributed by atoms with Crippen LogP contribution < -0.4 is 15.5 Å². The summed E-state index contributed by atoms with van der Waals surface area (Å²) >= 11 is 2.25. The fourth-order valence-corrected chi connectivity index (χ4v) is 7.45. The van der Waals surface area contributed by atoms with Crippen LogP contribution in [0.5, 0.6) is 0 Å². The second-order valence-electron chi connectivity index (χ2n) is 10.3. The van der Waals surface area contributed by atoms with Crippen molar-refractivity contribution in [3.05, 3.63) is 79.8 Å². The van der Waals surface area contributed by atoms with Crippen LogP contribution in [0.4, 0.5) is 5.69 Å². The third kappa shape index (κ3) is 4.41. The van der Waals surface area contributed by atoms with Gasteiger partial charge in [-0.2, -0.15) is 0 Å². The van der Waals surface area contributed by atoms with Gasteiger partial charge in [0.1, 0.15) is 11.8 Å². The Kier molecular flexibility index (Phi) is 6.16. The van der Waals surface area contributed by atoms with E-state index >= 15 is 0 Å². The number of hydrogen-bond acceptors (Lipinski definition) is 6. The van der Waals surface area contributed by atoms with E-state index in [1.54, 1.807) is 0 Å². The van der Waals surface area contributed by atoms with Crippen molar-refractivity contribution in [3.8, 4) is 0 Å². The lowest BCUT2D eigenvalue weighted by Crippen LogP contribution is -2.32. The van der Waals surface area contributed by atoms with E-state index in [0.29, 0.717) is 10.7 Å². The maximum Gasteiger partial charge on any atom is 0.308 e. The Balaban J connectivity index is 1.52. The number of nitrogens with one attached hydrogen (secondary N) is 2. The fraction of sp³-hybridized carbons (Fsp3) is 0.333. The highest BCUT2D eigenvalue weighted by molar-refractivity contribution is 8.00. The van der Waals surface area contributed by atoms with Gasteiger partial charge in [0.15, 0.2) is 0 Å². The summed E-state index contributed by atoms with van der Waals surface area (Å²) in [7, 11) is 0. The summed E-state index contributed by atoms with van der Waals surface area (Å²) in [6, 6.07) is 15.5. The normalized spacial score (nSPS) is 21.1. The Morgan fingerprint density at radius 2 is 1.67 bits per heavy atom. The first-order valence-corrected chi connectivity index (χ1v) is 13.4. The predicted octanol–water partition coefficient (Wildman–Crippen LogP) is 4.03. The topological polar surface area (TPSA) is 97.3 Å². The molecular weight excluding hydrogens is 494 g/mol. The van der Waals surface area contributed by atoms with Crippen molar-refractivity contribution in [2.75, 3.05) is 5.32 Å². The van der Waals surface area contributed by atoms with Gasteiger partial charge in [0, 0.05) is 16.5 Å². The molecule has 2 aliphatic rings. The van der Waals surface area contributed by atoms with Crippen molar-refractivity contribution in [3.63, 3.8) is 0 Å². The zero-order valence-corrected chi connectivity index (χ0v) is 22.1. The third-order valence-corrected chi connectivity index (χ3v) is 9.28. The van der Waals surface area contributed by atoms with Gasteiger partial charge in [-0.25, -0.2) is 0 Å². The van der Waals surface area contributed by atoms with Gasteiger partial charge >= 0.3 is 4.87 Å². The number of thioether (sulfide) groups is 1. The summed E-state index contributed by atoms with van der Waals surface area (Å²) in [5.41, 5.74) is 3.72. The lowest BCUT2D eigenvalue weighted by Gasteiger charge is -2.31. The molecular formula is C27H27N3O4S2. The minimum Gasteiger partial charge on any atom is -0.325 e. The highest BCUT2D eigenvalue weighted by atomic mass is 32.2. The molecule has 0 spiro atoms. The number of anilines is 1. The molecule has 2 aromatic carbocycles. The number of thiazole rings is 1. The number of rotatable bonds is 4.